The van der Waals surface area contributed by atoms with Crippen LogP contribution < -0.4 is 9.47 Å². The van der Waals surface area contributed by atoms with Gasteiger partial charge in [-0.1, -0.05) is 54.6 Å². The summed E-state index contributed by atoms with van der Waals surface area (Å²) in [7, 11) is 1.55. The molecule has 162 valence electrons. The van der Waals surface area contributed by atoms with Crippen molar-refractivity contribution >= 4 is 29.0 Å². The number of rotatable bonds is 7. The number of hydrogen-bond donors (Lipinski definition) is 0. The van der Waals surface area contributed by atoms with E-state index in [4.69, 9.17) is 9.47 Å². The smallest absolute Gasteiger partial charge is 0.293 e. The van der Waals surface area contributed by atoms with Crippen molar-refractivity contribution in [2.24, 2.45) is 0 Å². The van der Waals surface area contributed by atoms with Crippen molar-refractivity contribution in [2.45, 2.75) is 13.2 Å². The predicted octanol–water partition coefficient (Wildman–Crippen LogP) is 5.65. The van der Waals surface area contributed by atoms with Crippen LogP contribution in [0.1, 0.15) is 16.7 Å². The molecule has 0 atom stereocenters. The van der Waals surface area contributed by atoms with Crippen LogP contribution in [0.2, 0.25) is 0 Å². The predicted molar refractivity (Wildman–Crippen MR) is 122 cm³/mol. The van der Waals surface area contributed by atoms with Crippen LogP contribution in [-0.4, -0.2) is 23.2 Å². The van der Waals surface area contributed by atoms with Crippen molar-refractivity contribution in [1.29, 1.82) is 0 Å². The Balaban J connectivity index is 1.58. The van der Waals surface area contributed by atoms with E-state index in [0.717, 1.165) is 22.2 Å². The van der Waals surface area contributed by atoms with Gasteiger partial charge in [0.25, 0.3) is 11.1 Å². The van der Waals surface area contributed by atoms with Crippen LogP contribution in [0.25, 0.3) is 6.08 Å². The zero-order valence-electron chi connectivity index (χ0n) is 17.3. The molecule has 1 fully saturated rings. The third-order valence-electron chi connectivity index (χ3n) is 4.87. The van der Waals surface area contributed by atoms with Gasteiger partial charge in [-0.05, 0) is 47.2 Å². The van der Waals surface area contributed by atoms with Crippen LogP contribution in [0.3, 0.4) is 0 Å². The normalized spacial score (nSPS) is 14.8. The van der Waals surface area contributed by atoms with E-state index >= 15 is 0 Å². The fourth-order valence-electron chi connectivity index (χ4n) is 3.24. The molecular weight excluding hydrogens is 429 g/mol. The standard InChI is InChI=1S/C25H20FNO4S/c1-30-21-9-5-8-19(23(21)31-16-18-6-3-2-4-7-18)14-22-24(28)27(25(29)32-22)15-17-10-12-20(26)13-11-17/h2-14H,15-16H2,1H3/b22-14-. The van der Waals surface area contributed by atoms with Crippen molar-refractivity contribution < 1.29 is 23.5 Å². The molecule has 3 aromatic rings. The summed E-state index contributed by atoms with van der Waals surface area (Å²) in [5.41, 5.74) is 2.29. The molecule has 5 nitrogen and oxygen atoms in total. The number of benzene rings is 3. The van der Waals surface area contributed by atoms with Gasteiger partial charge in [-0.3, -0.25) is 14.5 Å². The number of halogens is 1. The quantitative estimate of drug-likeness (QED) is 0.436. The minimum absolute atomic E-state index is 0.0811. The highest BCUT2D eigenvalue weighted by Gasteiger charge is 2.35. The van der Waals surface area contributed by atoms with Gasteiger partial charge in [-0.15, -0.1) is 0 Å². The number of carbonyl (C=O) groups excluding carboxylic acids is 2. The first kappa shape index (κ1) is 21.6. The molecule has 1 aliphatic rings. The number of methoxy groups -OCH3 is 1. The lowest BCUT2D eigenvalue weighted by Gasteiger charge is -2.14. The second kappa shape index (κ2) is 9.70. The van der Waals surface area contributed by atoms with Crippen molar-refractivity contribution in [3.05, 3.63) is 100 Å². The highest BCUT2D eigenvalue weighted by atomic mass is 32.2. The largest absolute Gasteiger partial charge is 0.493 e. The Morgan fingerprint density at radius 3 is 2.41 bits per heavy atom. The molecule has 1 saturated heterocycles. The zero-order chi connectivity index (χ0) is 22.5. The molecule has 0 saturated carbocycles. The van der Waals surface area contributed by atoms with E-state index in [0.29, 0.717) is 29.2 Å². The van der Waals surface area contributed by atoms with Crippen molar-refractivity contribution in [3.8, 4) is 11.5 Å². The summed E-state index contributed by atoms with van der Waals surface area (Å²) in [6.07, 6.45) is 1.64. The van der Waals surface area contributed by atoms with Crippen molar-refractivity contribution in [2.75, 3.05) is 7.11 Å². The highest BCUT2D eigenvalue weighted by molar-refractivity contribution is 8.18. The van der Waals surface area contributed by atoms with E-state index < -0.39 is 5.91 Å². The number of thioether (sulfide) groups is 1. The summed E-state index contributed by atoms with van der Waals surface area (Å²) in [5.74, 6) is 0.245. The molecule has 0 unspecified atom stereocenters. The maximum atomic E-state index is 13.1. The Morgan fingerprint density at radius 1 is 0.938 bits per heavy atom. The Kier molecular flexibility index (Phi) is 6.56. The van der Waals surface area contributed by atoms with Gasteiger partial charge in [-0.25, -0.2) is 4.39 Å². The average molecular weight is 450 g/mol. The van der Waals surface area contributed by atoms with Gasteiger partial charge in [0.2, 0.25) is 0 Å². The molecular formula is C25H20FNO4S. The number of imide groups is 1. The highest BCUT2D eigenvalue weighted by Crippen LogP contribution is 2.38. The van der Waals surface area contributed by atoms with Crippen LogP contribution in [0, 0.1) is 5.82 Å². The van der Waals surface area contributed by atoms with Crippen LogP contribution >= 0.6 is 11.8 Å². The summed E-state index contributed by atoms with van der Waals surface area (Å²) in [5, 5.41) is -0.375. The molecule has 32 heavy (non-hydrogen) atoms. The molecule has 0 radical (unpaired) electrons. The first-order valence-corrected chi connectivity index (χ1v) is 10.7. The van der Waals surface area contributed by atoms with Crippen molar-refractivity contribution in [3.63, 3.8) is 0 Å². The molecule has 0 aromatic heterocycles. The minimum Gasteiger partial charge on any atom is -0.493 e. The van der Waals surface area contributed by atoms with Gasteiger partial charge in [0.1, 0.15) is 12.4 Å². The fourth-order valence-corrected chi connectivity index (χ4v) is 4.07. The van der Waals surface area contributed by atoms with Gasteiger partial charge in [0, 0.05) is 5.56 Å². The molecule has 3 aromatic carbocycles. The molecule has 2 amide bonds. The first-order chi connectivity index (χ1) is 15.5. The Hall–Kier alpha value is -3.58. The van der Waals surface area contributed by atoms with E-state index in [1.54, 1.807) is 43.5 Å². The Bertz CT molecular complexity index is 1160. The number of para-hydroxylation sites is 1. The average Bonchev–Trinajstić information content (AvgIpc) is 3.07. The van der Waals surface area contributed by atoms with Crippen LogP contribution in [0.5, 0.6) is 11.5 Å². The van der Waals surface area contributed by atoms with Crippen molar-refractivity contribution in [1.82, 2.24) is 4.90 Å². The van der Waals surface area contributed by atoms with E-state index in [1.807, 2.05) is 30.3 Å². The van der Waals surface area contributed by atoms with Crippen LogP contribution in [0.15, 0.2) is 77.7 Å². The maximum Gasteiger partial charge on any atom is 0.293 e. The Morgan fingerprint density at radius 2 is 1.69 bits per heavy atom. The summed E-state index contributed by atoms with van der Waals surface area (Å²) in [6.45, 7) is 0.409. The monoisotopic (exact) mass is 449 g/mol. The van der Waals surface area contributed by atoms with Gasteiger partial charge < -0.3 is 9.47 Å². The second-order valence-corrected chi connectivity index (χ2v) is 8.04. The van der Waals surface area contributed by atoms with Gasteiger partial charge in [0.05, 0.1) is 18.6 Å². The molecule has 0 aliphatic carbocycles. The summed E-state index contributed by atoms with van der Waals surface area (Å²) < 4.78 is 24.6. The number of amides is 2. The van der Waals surface area contributed by atoms with E-state index in [9.17, 15) is 14.0 Å². The molecule has 4 rings (SSSR count). The molecule has 1 heterocycles. The third kappa shape index (κ3) is 4.84. The van der Waals surface area contributed by atoms with Gasteiger partial charge >= 0.3 is 0 Å². The maximum absolute atomic E-state index is 13.1. The number of nitrogens with zero attached hydrogens (tertiary/aromatic N) is 1. The third-order valence-corrected chi connectivity index (χ3v) is 5.78. The van der Waals surface area contributed by atoms with Gasteiger partial charge in [-0.2, -0.15) is 0 Å². The topological polar surface area (TPSA) is 55.8 Å². The first-order valence-electron chi connectivity index (χ1n) is 9.88. The minimum atomic E-state index is -0.402. The number of carbonyl (C=O) groups is 2. The lowest BCUT2D eigenvalue weighted by Crippen LogP contribution is -2.27. The molecule has 0 N–H and O–H groups in total. The summed E-state index contributed by atoms with van der Waals surface area (Å²) in [6, 6.07) is 20.8. The summed E-state index contributed by atoms with van der Waals surface area (Å²) >= 11 is 0.864. The molecule has 1 aliphatic heterocycles. The lowest BCUT2D eigenvalue weighted by molar-refractivity contribution is -0.123. The van der Waals surface area contributed by atoms with Gasteiger partial charge in [0.15, 0.2) is 11.5 Å². The molecule has 0 bridgehead atoms. The van der Waals surface area contributed by atoms with E-state index in [2.05, 4.69) is 0 Å². The SMILES string of the molecule is COc1cccc(/C=C2\SC(=O)N(Cc3ccc(F)cc3)C2=O)c1OCc1ccccc1. The number of hydrogen-bond acceptors (Lipinski definition) is 5. The van der Waals surface area contributed by atoms with E-state index in [-0.39, 0.29) is 22.5 Å². The van der Waals surface area contributed by atoms with Crippen LogP contribution in [-0.2, 0) is 17.9 Å². The Labute approximate surface area is 189 Å². The fraction of sp³-hybridized carbons (Fsp3) is 0.120. The number of ether oxygens (including phenoxy) is 2. The van der Waals surface area contributed by atoms with E-state index in [1.165, 1.54) is 12.1 Å². The molecule has 7 heteroatoms. The lowest BCUT2D eigenvalue weighted by atomic mass is 10.1. The van der Waals surface area contributed by atoms with Crippen LogP contribution in [0.4, 0.5) is 9.18 Å². The second-order valence-electron chi connectivity index (χ2n) is 7.05. The zero-order valence-corrected chi connectivity index (χ0v) is 18.1. The molecule has 0 spiro atoms. The summed E-state index contributed by atoms with van der Waals surface area (Å²) in [4.78, 5) is 26.8.